The zero-order valence-electron chi connectivity index (χ0n) is 18.8. The number of aliphatic hydroxyl groups excluding tert-OH is 2. The molecule has 0 bridgehead atoms. The first-order valence-electron chi connectivity index (χ1n) is 11.6. The number of ether oxygens (including phenoxy) is 1. The summed E-state index contributed by atoms with van der Waals surface area (Å²) in [6.45, 7) is 2.21. The fourth-order valence-corrected chi connectivity index (χ4v) is 5.22. The van der Waals surface area contributed by atoms with Crippen LogP contribution in [0.5, 0.6) is 0 Å². The highest BCUT2D eigenvalue weighted by molar-refractivity contribution is 7.99. The van der Waals surface area contributed by atoms with E-state index < -0.39 is 12.2 Å². The number of aliphatic hydroxyl groups is 2. The first-order valence-corrected chi connectivity index (χ1v) is 12.5. The molecule has 1 saturated carbocycles. The lowest BCUT2D eigenvalue weighted by Gasteiger charge is -2.23. The molecule has 1 aliphatic rings. The predicted molar refractivity (Wildman–Crippen MR) is 124 cm³/mol. The van der Waals surface area contributed by atoms with E-state index in [2.05, 4.69) is 5.16 Å². The van der Waals surface area contributed by atoms with E-state index in [1.54, 1.807) is 19.1 Å². The van der Waals surface area contributed by atoms with Gasteiger partial charge < -0.3 is 20.2 Å². The van der Waals surface area contributed by atoms with Crippen molar-refractivity contribution in [3.8, 4) is 0 Å². The fraction of sp³-hybridized carbons (Fsp3) is 0.667. The molecule has 3 N–H and O–H groups in total. The second kappa shape index (κ2) is 14.5. The van der Waals surface area contributed by atoms with E-state index in [4.69, 9.17) is 4.74 Å². The van der Waals surface area contributed by atoms with Gasteiger partial charge in [-0.2, -0.15) is 0 Å². The van der Waals surface area contributed by atoms with E-state index in [1.807, 2.05) is 0 Å². The van der Waals surface area contributed by atoms with Gasteiger partial charge in [-0.25, -0.2) is 4.39 Å². The molecule has 1 aromatic rings. The van der Waals surface area contributed by atoms with Crippen molar-refractivity contribution in [2.45, 2.75) is 81.8 Å². The van der Waals surface area contributed by atoms with E-state index >= 15 is 0 Å². The molecule has 1 aromatic carbocycles. The topological polar surface area (TPSA) is 99.4 Å². The molecule has 0 heterocycles. The zero-order chi connectivity index (χ0) is 23.3. The van der Waals surface area contributed by atoms with Crippen LogP contribution in [0, 0.1) is 17.7 Å². The third-order valence-electron chi connectivity index (χ3n) is 6.03. The molecule has 4 unspecified atom stereocenters. The minimum absolute atomic E-state index is 0.0166. The van der Waals surface area contributed by atoms with E-state index in [1.165, 1.54) is 23.9 Å². The number of rotatable bonds is 14. The van der Waals surface area contributed by atoms with Crippen LogP contribution in [0.25, 0.3) is 0 Å². The Morgan fingerprint density at radius 1 is 1.22 bits per heavy atom. The second-order valence-corrected chi connectivity index (χ2v) is 9.48. The van der Waals surface area contributed by atoms with E-state index in [-0.39, 0.29) is 23.6 Å². The maximum Gasteiger partial charge on any atom is 0.305 e. The summed E-state index contributed by atoms with van der Waals surface area (Å²) in [6, 6.07) is 6.19. The predicted octanol–water partition coefficient (Wildman–Crippen LogP) is 4.79. The highest BCUT2D eigenvalue weighted by Crippen LogP contribution is 2.37. The van der Waals surface area contributed by atoms with Crippen molar-refractivity contribution < 1.29 is 29.3 Å². The van der Waals surface area contributed by atoms with Crippen molar-refractivity contribution in [3.63, 3.8) is 0 Å². The van der Waals surface area contributed by atoms with Gasteiger partial charge in [0.25, 0.3) is 0 Å². The fourth-order valence-electron chi connectivity index (χ4n) is 4.34. The Bertz CT molecular complexity index is 715. The number of carbonyl (C=O) groups excluding carboxylic acids is 1. The highest BCUT2D eigenvalue weighted by atomic mass is 32.2. The van der Waals surface area contributed by atoms with Crippen LogP contribution in [0.2, 0.25) is 0 Å². The summed E-state index contributed by atoms with van der Waals surface area (Å²) < 4.78 is 17.9. The molecule has 0 radical (unpaired) electrons. The van der Waals surface area contributed by atoms with Crippen molar-refractivity contribution in [3.05, 3.63) is 30.1 Å². The number of benzene rings is 1. The van der Waals surface area contributed by atoms with Gasteiger partial charge in [0.05, 0.1) is 24.5 Å². The van der Waals surface area contributed by atoms with E-state index in [0.29, 0.717) is 43.8 Å². The molecule has 0 aromatic heterocycles. The largest absolute Gasteiger partial charge is 0.466 e. The van der Waals surface area contributed by atoms with Crippen molar-refractivity contribution in [2.24, 2.45) is 17.0 Å². The lowest BCUT2D eigenvalue weighted by Crippen LogP contribution is -2.23. The Labute approximate surface area is 194 Å². The van der Waals surface area contributed by atoms with Crippen LogP contribution in [0.4, 0.5) is 4.39 Å². The monoisotopic (exact) mass is 469 g/mol. The molecule has 1 aliphatic carbocycles. The van der Waals surface area contributed by atoms with Gasteiger partial charge in [-0.15, -0.1) is 11.8 Å². The number of oxime groups is 1. The maximum atomic E-state index is 13.0. The van der Waals surface area contributed by atoms with Crippen molar-refractivity contribution in [1.82, 2.24) is 0 Å². The molecule has 0 amide bonds. The van der Waals surface area contributed by atoms with Gasteiger partial charge in [-0.3, -0.25) is 4.79 Å². The highest BCUT2D eigenvalue weighted by Gasteiger charge is 2.39. The molecule has 0 aliphatic heterocycles. The molecule has 32 heavy (non-hydrogen) atoms. The number of nitrogens with zero attached hydrogens (tertiary/aromatic N) is 1. The number of hydrogen-bond donors (Lipinski definition) is 3. The molecular weight excluding hydrogens is 433 g/mol. The summed E-state index contributed by atoms with van der Waals surface area (Å²) in [5, 5.41) is 33.7. The molecule has 0 spiro atoms. The van der Waals surface area contributed by atoms with Gasteiger partial charge in [-0.1, -0.05) is 24.4 Å². The Balaban J connectivity index is 1.73. The lowest BCUT2D eigenvalue weighted by molar-refractivity contribution is -0.143. The summed E-state index contributed by atoms with van der Waals surface area (Å²) in [5.74, 6) is 0.0367. The third kappa shape index (κ3) is 9.08. The average Bonchev–Trinajstić information content (AvgIpc) is 3.08. The quantitative estimate of drug-likeness (QED) is 0.119. The molecule has 1 fully saturated rings. The van der Waals surface area contributed by atoms with Crippen LogP contribution in [-0.2, 0) is 9.53 Å². The SMILES string of the molecule is CCOC(=O)CCCCCCC1C(O)C/C(=N/O)C1CCC(O)CSc1ccc(F)cc1. The first kappa shape index (κ1) is 26.6. The summed E-state index contributed by atoms with van der Waals surface area (Å²) >= 11 is 1.48. The number of halogens is 1. The van der Waals surface area contributed by atoms with Gasteiger partial charge in [0, 0.05) is 29.4 Å². The molecule has 2 rings (SSSR count). The zero-order valence-corrected chi connectivity index (χ0v) is 19.6. The molecule has 4 atom stereocenters. The second-order valence-electron chi connectivity index (χ2n) is 8.39. The van der Waals surface area contributed by atoms with Crippen LogP contribution in [-0.4, -0.2) is 51.7 Å². The van der Waals surface area contributed by atoms with Crippen molar-refractivity contribution in [1.29, 1.82) is 0 Å². The smallest absolute Gasteiger partial charge is 0.305 e. The van der Waals surface area contributed by atoms with Crippen LogP contribution in [0.15, 0.2) is 34.3 Å². The summed E-state index contributed by atoms with van der Waals surface area (Å²) in [6.07, 6.45) is 5.40. The number of carbonyl (C=O) groups is 1. The number of esters is 1. The third-order valence-corrected chi connectivity index (χ3v) is 7.18. The molecular formula is C24H36FNO5S. The summed E-state index contributed by atoms with van der Waals surface area (Å²) in [7, 11) is 0. The summed E-state index contributed by atoms with van der Waals surface area (Å²) in [4.78, 5) is 12.3. The Hall–Kier alpha value is -1.64. The van der Waals surface area contributed by atoms with E-state index in [0.717, 1.165) is 37.0 Å². The van der Waals surface area contributed by atoms with Gasteiger partial charge >= 0.3 is 5.97 Å². The molecule has 6 nitrogen and oxygen atoms in total. The lowest BCUT2D eigenvalue weighted by atomic mass is 9.85. The van der Waals surface area contributed by atoms with Crippen LogP contribution >= 0.6 is 11.8 Å². The maximum absolute atomic E-state index is 13.0. The molecule has 8 heteroatoms. The van der Waals surface area contributed by atoms with Crippen LogP contribution in [0.1, 0.15) is 64.7 Å². The Morgan fingerprint density at radius 3 is 2.62 bits per heavy atom. The Morgan fingerprint density at radius 2 is 1.94 bits per heavy atom. The standard InChI is InChI=1S/C24H36FNO5S/c1-2-31-24(29)8-6-4-3-5-7-21-20(22(26-30)15-23(21)28)14-11-18(27)16-32-19-12-9-17(25)10-13-19/h9-10,12-13,18,20-21,23,27-28,30H,2-8,11,14-16H2,1H3/b26-22-. The number of hydrogen-bond acceptors (Lipinski definition) is 7. The van der Waals surface area contributed by atoms with Gasteiger partial charge in [0.1, 0.15) is 5.82 Å². The molecule has 180 valence electrons. The normalized spacial score (nSPS) is 22.9. The molecule has 0 saturated heterocycles. The van der Waals surface area contributed by atoms with Crippen LogP contribution in [0.3, 0.4) is 0 Å². The minimum atomic E-state index is -0.536. The number of unbranched alkanes of at least 4 members (excludes halogenated alkanes) is 3. The Kier molecular flexibility index (Phi) is 12.1. The number of thioether (sulfide) groups is 1. The van der Waals surface area contributed by atoms with Gasteiger partial charge in [0.15, 0.2) is 0 Å². The minimum Gasteiger partial charge on any atom is -0.466 e. The van der Waals surface area contributed by atoms with Gasteiger partial charge in [-0.05, 0) is 62.8 Å². The average molecular weight is 470 g/mol. The van der Waals surface area contributed by atoms with E-state index in [9.17, 15) is 24.6 Å². The van der Waals surface area contributed by atoms with Crippen molar-refractivity contribution in [2.75, 3.05) is 12.4 Å². The van der Waals surface area contributed by atoms with Crippen molar-refractivity contribution >= 4 is 23.4 Å². The van der Waals surface area contributed by atoms with Crippen LogP contribution < -0.4 is 0 Å². The van der Waals surface area contributed by atoms with Gasteiger partial charge in [0.2, 0.25) is 0 Å². The summed E-state index contributed by atoms with van der Waals surface area (Å²) in [5.41, 5.74) is 0.614. The first-order chi connectivity index (χ1) is 15.4.